The molecular formula is C17H17NO. The molecule has 0 bridgehead atoms. The normalized spacial score (nSPS) is 19.7. The molecule has 2 heteroatoms. The maximum absolute atomic E-state index is 10.1. The van der Waals surface area contributed by atoms with Crippen molar-refractivity contribution < 1.29 is 5.11 Å². The smallest absolute Gasteiger partial charge is 0.124 e. The van der Waals surface area contributed by atoms with Crippen LogP contribution in [0.3, 0.4) is 0 Å². The molecule has 1 atom stereocenters. The molecule has 1 unspecified atom stereocenters. The van der Waals surface area contributed by atoms with E-state index in [1.54, 1.807) is 6.07 Å². The Balaban J connectivity index is 2.15. The molecule has 0 aliphatic heterocycles. The number of phenolic OH excluding ortho intramolecular Hbond substituents is 1. The lowest BCUT2D eigenvalue weighted by Gasteiger charge is -2.08. The fourth-order valence-electron chi connectivity index (χ4n) is 2.90. The standard InChI is InChI=1S/C17H17NO/c1-11-8-9-15(19)17-14(10-12(2)16(11)17)18-13-6-4-3-5-7-13/h3-9,12,19H,10H2,1-2H3. The molecule has 2 nitrogen and oxygen atoms in total. The molecule has 3 rings (SSSR count). The molecule has 0 saturated heterocycles. The Kier molecular flexibility index (Phi) is 2.86. The molecule has 0 radical (unpaired) electrons. The maximum Gasteiger partial charge on any atom is 0.124 e. The second kappa shape index (κ2) is 4.54. The van der Waals surface area contributed by atoms with Crippen molar-refractivity contribution in [2.24, 2.45) is 4.99 Å². The van der Waals surface area contributed by atoms with Crippen LogP contribution in [0, 0.1) is 6.92 Å². The van der Waals surface area contributed by atoms with Gasteiger partial charge in [-0.2, -0.15) is 0 Å². The molecule has 0 aromatic heterocycles. The number of nitrogens with zero attached hydrogens (tertiary/aromatic N) is 1. The summed E-state index contributed by atoms with van der Waals surface area (Å²) in [5, 5.41) is 10.1. The fraction of sp³-hybridized carbons (Fsp3) is 0.235. The topological polar surface area (TPSA) is 32.6 Å². The molecule has 19 heavy (non-hydrogen) atoms. The highest BCUT2D eigenvalue weighted by molar-refractivity contribution is 6.08. The van der Waals surface area contributed by atoms with Crippen LogP contribution in [0.15, 0.2) is 47.5 Å². The summed E-state index contributed by atoms with van der Waals surface area (Å²) >= 11 is 0. The molecule has 2 aromatic carbocycles. The van der Waals surface area contributed by atoms with Gasteiger partial charge < -0.3 is 5.11 Å². The molecule has 96 valence electrons. The van der Waals surface area contributed by atoms with E-state index >= 15 is 0 Å². The molecular weight excluding hydrogens is 234 g/mol. The van der Waals surface area contributed by atoms with Crippen LogP contribution >= 0.6 is 0 Å². The van der Waals surface area contributed by atoms with Crippen molar-refractivity contribution in [1.82, 2.24) is 0 Å². The zero-order chi connectivity index (χ0) is 13.4. The van der Waals surface area contributed by atoms with E-state index in [1.165, 1.54) is 11.1 Å². The first-order valence-electron chi connectivity index (χ1n) is 6.62. The summed E-state index contributed by atoms with van der Waals surface area (Å²) in [5.74, 6) is 0.768. The van der Waals surface area contributed by atoms with E-state index in [0.717, 1.165) is 23.4 Å². The summed E-state index contributed by atoms with van der Waals surface area (Å²) in [6, 6.07) is 13.7. The van der Waals surface area contributed by atoms with Crippen molar-refractivity contribution in [1.29, 1.82) is 0 Å². The van der Waals surface area contributed by atoms with Crippen molar-refractivity contribution in [2.45, 2.75) is 26.2 Å². The molecule has 0 spiro atoms. The number of hydrogen-bond donors (Lipinski definition) is 1. The summed E-state index contributed by atoms with van der Waals surface area (Å²) in [4.78, 5) is 4.71. The Morgan fingerprint density at radius 3 is 2.58 bits per heavy atom. The third kappa shape index (κ3) is 2.03. The van der Waals surface area contributed by atoms with Gasteiger partial charge in [-0.1, -0.05) is 31.2 Å². The monoisotopic (exact) mass is 251 g/mol. The Morgan fingerprint density at radius 2 is 1.84 bits per heavy atom. The Bertz CT molecular complexity index is 644. The van der Waals surface area contributed by atoms with Gasteiger partial charge in [-0.3, -0.25) is 4.99 Å². The zero-order valence-corrected chi connectivity index (χ0v) is 11.2. The zero-order valence-electron chi connectivity index (χ0n) is 11.2. The van der Waals surface area contributed by atoms with Crippen molar-refractivity contribution in [2.75, 3.05) is 0 Å². The van der Waals surface area contributed by atoms with Gasteiger partial charge in [0, 0.05) is 5.56 Å². The van der Waals surface area contributed by atoms with Crippen LogP contribution in [-0.4, -0.2) is 10.8 Å². The lowest BCUT2D eigenvalue weighted by atomic mass is 9.98. The van der Waals surface area contributed by atoms with Crippen LogP contribution in [-0.2, 0) is 0 Å². The third-order valence-electron chi connectivity index (χ3n) is 3.74. The Labute approximate surface area is 113 Å². The number of fused-ring (bicyclic) bond motifs is 1. The number of phenols is 1. The summed E-state index contributed by atoms with van der Waals surface area (Å²) in [6.45, 7) is 4.29. The Morgan fingerprint density at radius 1 is 1.11 bits per heavy atom. The van der Waals surface area contributed by atoms with Gasteiger partial charge in [0.15, 0.2) is 0 Å². The maximum atomic E-state index is 10.1. The van der Waals surface area contributed by atoms with E-state index < -0.39 is 0 Å². The number of hydrogen-bond acceptors (Lipinski definition) is 2. The van der Waals surface area contributed by atoms with E-state index in [4.69, 9.17) is 4.99 Å². The van der Waals surface area contributed by atoms with Gasteiger partial charge in [0.1, 0.15) is 5.75 Å². The van der Waals surface area contributed by atoms with E-state index in [2.05, 4.69) is 13.8 Å². The molecule has 0 heterocycles. The quantitative estimate of drug-likeness (QED) is 0.804. The van der Waals surface area contributed by atoms with Gasteiger partial charge in [-0.15, -0.1) is 0 Å². The lowest BCUT2D eigenvalue weighted by molar-refractivity contribution is 0.473. The summed E-state index contributed by atoms with van der Waals surface area (Å²) in [6.07, 6.45) is 0.892. The SMILES string of the molecule is Cc1ccc(O)c2c1C(C)CC2=Nc1ccccc1. The van der Waals surface area contributed by atoms with Crippen molar-refractivity contribution in [3.05, 3.63) is 59.2 Å². The molecule has 0 saturated carbocycles. The number of rotatable bonds is 1. The molecule has 1 aliphatic rings. The fourth-order valence-corrected chi connectivity index (χ4v) is 2.90. The van der Waals surface area contributed by atoms with E-state index in [0.29, 0.717) is 11.7 Å². The highest BCUT2D eigenvalue weighted by atomic mass is 16.3. The second-order valence-corrected chi connectivity index (χ2v) is 5.19. The van der Waals surface area contributed by atoms with Gasteiger partial charge in [0.05, 0.1) is 11.4 Å². The molecule has 2 aromatic rings. The summed E-state index contributed by atoms with van der Waals surface area (Å²) in [5.41, 5.74) is 5.36. The molecule has 1 N–H and O–H groups in total. The van der Waals surface area contributed by atoms with Gasteiger partial charge in [0.2, 0.25) is 0 Å². The number of aryl methyl sites for hydroxylation is 1. The highest BCUT2D eigenvalue weighted by Crippen LogP contribution is 2.40. The van der Waals surface area contributed by atoms with E-state index in [1.807, 2.05) is 36.4 Å². The number of aromatic hydroxyl groups is 1. The first kappa shape index (κ1) is 12.0. The van der Waals surface area contributed by atoms with Gasteiger partial charge in [0.25, 0.3) is 0 Å². The van der Waals surface area contributed by atoms with Crippen LogP contribution in [0.2, 0.25) is 0 Å². The van der Waals surface area contributed by atoms with Gasteiger partial charge in [-0.25, -0.2) is 0 Å². The Hall–Kier alpha value is -2.09. The molecule has 0 fully saturated rings. The average Bonchev–Trinajstić information content (AvgIpc) is 2.73. The van der Waals surface area contributed by atoms with Crippen LogP contribution in [0.4, 0.5) is 5.69 Å². The van der Waals surface area contributed by atoms with Crippen molar-refractivity contribution in [3.63, 3.8) is 0 Å². The van der Waals surface area contributed by atoms with Crippen molar-refractivity contribution >= 4 is 11.4 Å². The number of para-hydroxylation sites is 1. The second-order valence-electron chi connectivity index (χ2n) is 5.19. The van der Waals surface area contributed by atoms with Crippen LogP contribution < -0.4 is 0 Å². The minimum Gasteiger partial charge on any atom is -0.507 e. The third-order valence-corrected chi connectivity index (χ3v) is 3.74. The van der Waals surface area contributed by atoms with Crippen LogP contribution in [0.25, 0.3) is 0 Å². The number of aliphatic imine (C=N–C) groups is 1. The minimum atomic E-state index is 0.347. The molecule has 0 amide bonds. The van der Waals surface area contributed by atoms with E-state index in [-0.39, 0.29) is 0 Å². The minimum absolute atomic E-state index is 0.347. The first-order chi connectivity index (χ1) is 9.16. The summed E-state index contributed by atoms with van der Waals surface area (Å²) < 4.78 is 0. The van der Waals surface area contributed by atoms with Crippen LogP contribution in [0.1, 0.15) is 36.0 Å². The molecule has 1 aliphatic carbocycles. The lowest BCUT2D eigenvalue weighted by Crippen LogP contribution is -1.95. The average molecular weight is 251 g/mol. The van der Waals surface area contributed by atoms with Crippen molar-refractivity contribution in [3.8, 4) is 5.75 Å². The predicted molar refractivity (Wildman–Crippen MR) is 78.5 cm³/mol. The highest BCUT2D eigenvalue weighted by Gasteiger charge is 2.28. The summed E-state index contributed by atoms with van der Waals surface area (Å²) in [7, 11) is 0. The first-order valence-corrected chi connectivity index (χ1v) is 6.62. The van der Waals surface area contributed by atoms with Gasteiger partial charge in [-0.05, 0) is 48.6 Å². The number of benzene rings is 2. The largest absolute Gasteiger partial charge is 0.507 e. The predicted octanol–water partition coefficient (Wildman–Crippen LogP) is 4.33. The van der Waals surface area contributed by atoms with Crippen LogP contribution in [0.5, 0.6) is 5.75 Å². The van der Waals surface area contributed by atoms with E-state index in [9.17, 15) is 5.11 Å². The van der Waals surface area contributed by atoms with Gasteiger partial charge >= 0.3 is 0 Å².